The van der Waals surface area contributed by atoms with Crippen molar-refractivity contribution in [2.75, 3.05) is 39.8 Å². The summed E-state index contributed by atoms with van der Waals surface area (Å²) in [4.78, 5) is 6.99. The minimum absolute atomic E-state index is 0. The van der Waals surface area contributed by atoms with Crippen molar-refractivity contribution < 1.29 is 0 Å². The number of hydrogen-bond acceptors (Lipinski definition) is 2. The van der Waals surface area contributed by atoms with Crippen LogP contribution in [0, 0.1) is 5.92 Å². The van der Waals surface area contributed by atoms with Crippen LogP contribution in [0.25, 0.3) is 0 Å². The third-order valence-corrected chi connectivity index (χ3v) is 6.14. The Kier molecular flexibility index (Phi) is 8.67. The van der Waals surface area contributed by atoms with Crippen LogP contribution in [0.15, 0.2) is 35.3 Å². The summed E-state index contributed by atoms with van der Waals surface area (Å²) in [5, 5.41) is 7.19. The lowest BCUT2D eigenvalue weighted by Gasteiger charge is -2.31. The average molecular weight is 470 g/mol. The molecule has 5 heteroatoms. The van der Waals surface area contributed by atoms with Crippen molar-refractivity contribution in [1.82, 2.24) is 15.5 Å². The summed E-state index contributed by atoms with van der Waals surface area (Å²) in [6, 6.07) is 11.0. The van der Waals surface area contributed by atoms with Gasteiger partial charge in [0.05, 0.1) is 0 Å². The highest BCUT2D eigenvalue weighted by Crippen LogP contribution is 2.40. The number of rotatable bonds is 6. The van der Waals surface area contributed by atoms with Gasteiger partial charge in [0, 0.05) is 32.1 Å². The molecule has 26 heavy (non-hydrogen) atoms. The van der Waals surface area contributed by atoms with Gasteiger partial charge in [0.1, 0.15) is 0 Å². The first-order valence-corrected chi connectivity index (χ1v) is 9.98. The lowest BCUT2D eigenvalue weighted by molar-refractivity contribution is 0.341. The van der Waals surface area contributed by atoms with Crippen LogP contribution < -0.4 is 10.6 Å². The second kappa shape index (κ2) is 10.5. The molecule has 0 aromatic heterocycles. The molecule has 1 aliphatic heterocycles. The van der Waals surface area contributed by atoms with Crippen molar-refractivity contribution in [3.8, 4) is 0 Å². The first-order valence-electron chi connectivity index (χ1n) is 9.98. The number of benzene rings is 1. The molecular weight excluding hydrogens is 435 g/mol. The number of aliphatic imine (C=N–C) groups is 1. The van der Waals surface area contributed by atoms with E-state index in [0.29, 0.717) is 0 Å². The van der Waals surface area contributed by atoms with E-state index in [1.54, 1.807) is 0 Å². The van der Waals surface area contributed by atoms with E-state index >= 15 is 0 Å². The number of halogens is 1. The molecule has 1 saturated heterocycles. The molecule has 1 heterocycles. The van der Waals surface area contributed by atoms with Crippen molar-refractivity contribution in [1.29, 1.82) is 0 Å². The lowest BCUT2D eigenvalue weighted by Crippen LogP contribution is -2.46. The Hall–Kier alpha value is -0.820. The van der Waals surface area contributed by atoms with Gasteiger partial charge in [-0.1, -0.05) is 50.1 Å². The highest BCUT2D eigenvalue weighted by molar-refractivity contribution is 14.0. The molecule has 1 aromatic carbocycles. The van der Waals surface area contributed by atoms with Gasteiger partial charge in [-0.15, -0.1) is 24.0 Å². The molecule has 1 aromatic rings. The van der Waals surface area contributed by atoms with E-state index < -0.39 is 0 Å². The van der Waals surface area contributed by atoms with Crippen molar-refractivity contribution in [2.24, 2.45) is 10.9 Å². The Bertz CT molecular complexity index is 554. The Balaban J connectivity index is 0.00000243. The molecule has 0 amide bonds. The van der Waals surface area contributed by atoms with Gasteiger partial charge in [-0.3, -0.25) is 4.99 Å². The molecule has 1 unspecified atom stereocenters. The molecule has 0 radical (unpaired) electrons. The number of nitrogens with zero attached hydrogens (tertiary/aromatic N) is 2. The Morgan fingerprint density at radius 1 is 1.19 bits per heavy atom. The van der Waals surface area contributed by atoms with Gasteiger partial charge in [0.2, 0.25) is 0 Å². The largest absolute Gasteiger partial charge is 0.356 e. The topological polar surface area (TPSA) is 39.7 Å². The summed E-state index contributed by atoms with van der Waals surface area (Å²) in [6.45, 7) is 7.88. The van der Waals surface area contributed by atoms with E-state index in [4.69, 9.17) is 0 Å². The van der Waals surface area contributed by atoms with Gasteiger partial charge in [0.25, 0.3) is 0 Å². The summed E-state index contributed by atoms with van der Waals surface area (Å²) >= 11 is 0. The zero-order valence-corrected chi connectivity index (χ0v) is 18.7. The van der Waals surface area contributed by atoms with E-state index in [1.165, 1.54) is 57.3 Å². The van der Waals surface area contributed by atoms with Crippen LogP contribution in [0.1, 0.15) is 44.6 Å². The molecule has 0 bridgehead atoms. The highest BCUT2D eigenvalue weighted by Gasteiger charge is 2.35. The zero-order chi connectivity index (χ0) is 17.5. The minimum Gasteiger partial charge on any atom is -0.356 e. The summed E-state index contributed by atoms with van der Waals surface area (Å²) in [6.07, 6.45) is 6.50. The first-order chi connectivity index (χ1) is 12.3. The van der Waals surface area contributed by atoms with Gasteiger partial charge in [0.15, 0.2) is 5.96 Å². The summed E-state index contributed by atoms with van der Waals surface area (Å²) < 4.78 is 0. The summed E-state index contributed by atoms with van der Waals surface area (Å²) in [7, 11) is 1.88. The molecule has 3 rings (SSSR count). The normalized spacial score (nSPS) is 22.8. The van der Waals surface area contributed by atoms with Gasteiger partial charge >= 0.3 is 0 Å². The number of hydrogen-bond donors (Lipinski definition) is 2. The van der Waals surface area contributed by atoms with E-state index in [-0.39, 0.29) is 29.4 Å². The predicted octanol–water partition coefficient (Wildman–Crippen LogP) is 3.62. The maximum Gasteiger partial charge on any atom is 0.191 e. The smallest absolute Gasteiger partial charge is 0.191 e. The fraction of sp³-hybridized carbons (Fsp3) is 0.667. The van der Waals surface area contributed by atoms with Crippen LogP contribution >= 0.6 is 24.0 Å². The molecule has 1 saturated carbocycles. The third kappa shape index (κ3) is 5.35. The Labute approximate surface area is 176 Å². The third-order valence-electron chi connectivity index (χ3n) is 6.14. The van der Waals surface area contributed by atoms with E-state index in [9.17, 15) is 0 Å². The van der Waals surface area contributed by atoms with E-state index in [1.807, 2.05) is 7.05 Å². The van der Waals surface area contributed by atoms with Crippen LogP contribution in [-0.4, -0.2) is 50.6 Å². The molecule has 1 aliphatic carbocycles. The zero-order valence-electron chi connectivity index (χ0n) is 16.3. The van der Waals surface area contributed by atoms with Crippen LogP contribution in [0.2, 0.25) is 0 Å². The molecule has 2 N–H and O–H groups in total. The van der Waals surface area contributed by atoms with Gasteiger partial charge in [-0.25, -0.2) is 0 Å². The highest BCUT2D eigenvalue weighted by atomic mass is 127. The van der Waals surface area contributed by atoms with Crippen molar-refractivity contribution >= 4 is 29.9 Å². The number of guanidine groups is 1. The standard InChI is InChI=1S/C21H34N4.HI/c1-3-25-14-11-18(16-25)15-23-20(22-2)24-17-21(12-7-8-13-21)19-9-5-4-6-10-19;/h4-6,9-10,18H,3,7-8,11-17H2,1-2H3,(H2,22,23,24);1H. The Morgan fingerprint density at radius 2 is 1.92 bits per heavy atom. The van der Waals surface area contributed by atoms with Gasteiger partial charge < -0.3 is 15.5 Å². The fourth-order valence-electron chi connectivity index (χ4n) is 4.49. The molecule has 146 valence electrons. The quantitative estimate of drug-likeness (QED) is 0.379. The van der Waals surface area contributed by atoms with Crippen LogP contribution in [0.4, 0.5) is 0 Å². The molecule has 1 atom stereocenters. The van der Waals surface area contributed by atoms with Crippen molar-refractivity contribution in [3.63, 3.8) is 0 Å². The maximum absolute atomic E-state index is 4.45. The molecule has 2 aliphatic rings. The molecule has 0 spiro atoms. The van der Waals surface area contributed by atoms with Crippen LogP contribution in [0.5, 0.6) is 0 Å². The minimum atomic E-state index is 0. The fourth-order valence-corrected chi connectivity index (χ4v) is 4.49. The molecule has 4 nitrogen and oxygen atoms in total. The monoisotopic (exact) mass is 470 g/mol. The van der Waals surface area contributed by atoms with Gasteiger partial charge in [-0.2, -0.15) is 0 Å². The number of nitrogens with one attached hydrogen (secondary N) is 2. The summed E-state index contributed by atoms with van der Waals surface area (Å²) in [5.74, 6) is 1.70. The van der Waals surface area contributed by atoms with E-state index in [2.05, 4.69) is 57.8 Å². The lowest BCUT2D eigenvalue weighted by atomic mass is 9.79. The molecular formula is C21H35IN4. The Morgan fingerprint density at radius 3 is 2.54 bits per heavy atom. The van der Waals surface area contributed by atoms with Crippen molar-refractivity contribution in [2.45, 2.75) is 44.4 Å². The van der Waals surface area contributed by atoms with Crippen LogP contribution in [-0.2, 0) is 5.41 Å². The second-order valence-corrected chi connectivity index (χ2v) is 7.71. The SMILES string of the molecule is CCN1CCC(CNC(=NC)NCC2(c3ccccc3)CCCC2)C1.I. The second-order valence-electron chi connectivity index (χ2n) is 7.71. The predicted molar refractivity (Wildman–Crippen MR) is 122 cm³/mol. The summed E-state index contributed by atoms with van der Waals surface area (Å²) in [5.41, 5.74) is 1.75. The molecule has 2 fully saturated rings. The number of likely N-dealkylation sites (tertiary alicyclic amines) is 1. The first kappa shape index (κ1) is 21.5. The maximum atomic E-state index is 4.45. The van der Waals surface area contributed by atoms with Crippen LogP contribution in [0.3, 0.4) is 0 Å². The van der Waals surface area contributed by atoms with Gasteiger partial charge in [-0.05, 0) is 43.8 Å². The average Bonchev–Trinajstić information content (AvgIpc) is 3.33. The van der Waals surface area contributed by atoms with Crippen molar-refractivity contribution in [3.05, 3.63) is 35.9 Å². The van der Waals surface area contributed by atoms with E-state index in [0.717, 1.165) is 25.0 Å².